The van der Waals surface area contributed by atoms with Crippen molar-refractivity contribution in [1.29, 1.82) is 0 Å². The Kier molecular flexibility index (Phi) is 5.96. The number of hydrogen-bond donors (Lipinski definition) is 2. The summed E-state index contributed by atoms with van der Waals surface area (Å²) in [5, 5.41) is 0. The van der Waals surface area contributed by atoms with Crippen molar-refractivity contribution in [3.8, 4) is 0 Å². The van der Waals surface area contributed by atoms with E-state index in [9.17, 15) is 13.2 Å². The Balaban J connectivity index is 1.83. The van der Waals surface area contributed by atoms with Gasteiger partial charge in [0.2, 0.25) is 15.9 Å². The van der Waals surface area contributed by atoms with E-state index in [1.807, 2.05) is 0 Å². The summed E-state index contributed by atoms with van der Waals surface area (Å²) in [6.45, 7) is 2.07. The van der Waals surface area contributed by atoms with Crippen LogP contribution in [0.2, 0.25) is 0 Å². The summed E-state index contributed by atoms with van der Waals surface area (Å²) < 4.78 is 27.4. The molecule has 1 unspecified atom stereocenters. The van der Waals surface area contributed by atoms with E-state index in [1.165, 1.54) is 12.1 Å². The zero-order valence-corrected chi connectivity index (χ0v) is 14.6. The lowest BCUT2D eigenvalue weighted by atomic mass is 10.1. The molecular formula is C14H20BrN3O3S. The van der Waals surface area contributed by atoms with Crippen molar-refractivity contribution in [3.63, 3.8) is 0 Å². The van der Waals surface area contributed by atoms with E-state index >= 15 is 0 Å². The summed E-state index contributed by atoms with van der Waals surface area (Å²) in [4.78, 5) is 14.0. The quantitative estimate of drug-likeness (QED) is 0.756. The number of hydrogen-bond acceptors (Lipinski definition) is 4. The molecule has 8 heteroatoms. The molecule has 2 rings (SSSR count). The molecule has 1 aromatic rings. The molecule has 0 aliphatic carbocycles. The van der Waals surface area contributed by atoms with Crippen LogP contribution in [0.15, 0.2) is 33.6 Å². The average molecular weight is 390 g/mol. The molecule has 1 aromatic carbocycles. The van der Waals surface area contributed by atoms with Gasteiger partial charge in [0.05, 0.1) is 4.90 Å². The Labute approximate surface area is 139 Å². The van der Waals surface area contributed by atoms with Crippen LogP contribution in [0, 0.1) is 5.92 Å². The van der Waals surface area contributed by atoms with Crippen LogP contribution in [0.5, 0.6) is 0 Å². The minimum absolute atomic E-state index is 0.0329. The molecule has 1 atom stereocenters. The number of carbonyl (C=O) groups is 1. The van der Waals surface area contributed by atoms with Gasteiger partial charge in [-0.2, -0.15) is 0 Å². The highest BCUT2D eigenvalue weighted by Crippen LogP contribution is 2.16. The van der Waals surface area contributed by atoms with E-state index in [0.29, 0.717) is 25.6 Å². The number of nitrogens with zero attached hydrogens (tertiary/aromatic N) is 1. The number of likely N-dealkylation sites (tertiary alicyclic amines) is 1. The Morgan fingerprint density at radius 2 is 2.05 bits per heavy atom. The summed E-state index contributed by atoms with van der Waals surface area (Å²) in [5.74, 6) is 0.331. The SMILES string of the molecule is NCC1CCN(C(=O)CCNS(=O)(=O)c2ccc(Br)cc2)C1. The van der Waals surface area contributed by atoms with Gasteiger partial charge in [-0.05, 0) is 43.1 Å². The van der Waals surface area contributed by atoms with Crippen molar-refractivity contribution < 1.29 is 13.2 Å². The number of amides is 1. The molecule has 0 bridgehead atoms. The van der Waals surface area contributed by atoms with Gasteiger partial charge in [0.1, 0.15) is 0 Å². The van der Waals surface area contributed by atoms with Gasteiger partial charge < -0.3 is 10.6 Å². The lowest BCUT2D eigenvalue weighted by Crippen LogP contribution is -2.33. The first kappa shape index (κ1) is 17.4. The average Bonchev–Trinajstić information content (AvgIpc) is 2.96. The van der Waals surface area contributed by atoms with Gasteiger partial charge in [0, 0.05) is 30.5 Å². The molecule has 22 heavy (non-hydrogen) atoms. The maximum Gasteiger partial charge on any atom is 0.240 e. The van der Waals surface area contributed by atoms with Gasteiger partial charge in [-0.3, -0.25) is 4.79 Å². The second-order valence-electron chi connectivity index (χ2n) is 5.33. The predicted octanol–water partition coefficient (Wildman–Crippen LogP) is 0.925. The zero-order valence-electron chi connectivity index (χ0n) is 12.2. The highest BCUT2D eigenvalue weighted by molar-refractivity contribution is 9.10. The predicted molar refractivity (Wildman–Crippen MR) is 87.7 cm³/mol. The van der Waals surface area contributed by atoms with E-state index < -0.39 is 10.0 Å². The molecule has 1 aliphatic heterocycles. The maximum absolute atomic E-state index is 12.1. The smallest absolute Gasteiger partial charge is 0.240 e. The van der Waals surface area contributed by atoms with Crippen molar-refractivity contribution in [1.82, 2.24) is 9.62 Å². The molecule has 1 saturated heterocycles. The van der Waals surface area contributed by atoms with Gasteiger partial charge in [-0.1, -0.05) is 15.9 Å². The number of halogens is 1. The number of sulfonamides is 1. The summed E-state index contributed by atoms with van der Waals surface area (Å²) >= 11 is 3.26. The fourth-order valence-electron chi connectivity index (χ4n) is 2.40. The van der Waals surface area contributed by atoms with Gasteiger partial charge in [0.15, 0.2) is 0 Å². The number of benzene rings is 1. The molecule has 0 aromatic heterocycles. The Morgan fingerprint density at radius 1 is 1.36 bits per heavy atom. The van der Waals surface area contributed by atoms with E-state index in [4.69, 9.17) is 5.73 Å². The van der Waals surface area contributed by atoms with Crippen LogP contribution in [0.4, 0.5) is 0 Å². The number of nitrogens with one attached hydrogen (secondary N) is 1. The standard InChI is InChI=1S/C14H20BrN3O3S/c15-12-1-3-13(4-2-12)22(20,21)17-7-5-14(19)18-8-6-11(9-16)10-18/h1-4,11,17H,5-10,16H2. The molecule has 0 saturated carbocycles. The molecule has 1 fully saturated rings. The number of nitrogens with two attached hydrogens (primary N) is 1. The fraction of sp³-hybridized carbons (Fsp3) is 0.500. The van der Waals surface area contributed by atoms with Gasteiger partial charge >= 0.3 is 0 Å². The Bertz CT molecular complexity index is 619. The number of carbonyl (C=O) groups excluding carboxylic acids is 1. The van der Waals surface area contributed by atoms with E-state index in [0.717, 1.165) is 10.9 Å². The topological polar surface area (TPSA) is 92.5 Å². The van der Waals surface area contributed by atoms with Crippen molar-refractivity contribution in [3.05, 3.63) is 28.7 Å². The fourth-order valence-corrected chi connectivity index (χ4v) is 3.70. The Hall–Kier alpha value is -0.960. The third-order valence-corrected chi connectivity index (χ3v) is 5.73. The van der Waals surface area contributed by atoms with Crippen LogP contribution >= 0.6 is 15.9 Å². The number of rotatable bonds is 6. The van der Waals surface area contributed by atoms with E-state index in [-0.39, 0.29) is 23.8 Å². The molecule has 122 valence electrons. The van der Waals surface area contributed by atoms with Crippen LogP contribution < -0.4 is 10.5 Å². The first-order valence-corrected chi connectivity index (χ1v) is 9.43. The largest absolute Gasteiger partial charge is 0.342 e. The highest BCUT2D eigenvalue weighted by Gasteiger charge is 2.25. The van der Waals surface area contributed by atoms with Crippen LogP contribution in [-0.2, 0) is 14.8 Å². The van der Waals surface area contributed by atoms with Crippen LogP contribution in [0.25, 0.3) is 0 Å². The third-order valence-electron chi connectivity index (χ3n) is 3.73. The van der Waals surface area contributed by atoms with Gasteiger partial charge in [-0.25, -0.2) is 13.1 Å². The van der Waals surface area contributed by atoms with Gasteiger partial charge in [0.25, 0.3) is 0 Å². The first-order chi connectivity index (χ1) is 10.4. The normalized spacial score (nSPS) is 18.6. The van der Waals surface area contributed by atoms with Gasteiger partial charge in [-0.15, -0.1) is 0 Å². The monoisotopic (exact) mass is 389 g/mol. The molecule has 1 amide bonds. The third kappa shape index (κ3) is 4.52. The highest BCUT2D eigenvalue weighted by atomic mass is 79.9. The summed E-state index contributed by atoms with van der Waals surface area (Å²) in [7, 11) is -3.57. The molecule has 3 N–H and O–H groups in total. The van der Waals surface area contributed by atoms with E-state index in [2.05, 4.69) is 20.7 Å². The van der Waals surface area contributed by atoms with Crippen molar-refractivity contribution in [2.45, 2.75) is 17.7 Å². The zero-order chi connectivity index (χ0) is 16.2. The summed E-state index contributed by atoms with van der Waals surface area (Å²) in [6, 6.07) is 6.36. The van der Waals surface area contributed by atoms with E-state index in [1.54, 1.807) is 17.0 Å². The lowest BCUT2D eigenvalue weighted by molar-refractivity contribution is -0.130. The van der Waals surface area contributed by atoms with Crippen molar-refractivity contribution in [2.75, 3.05) is 26.2 Å². The summed E-state index contributed by atoms with van der Waals surface area (Å²) in [6.07, 6.45) is 1.08. The molecule has 0 radical (unpaired) electrons. The second-order valence-corrected chi connectivity index (χ2v) is 8.01. The minimum Gasteiger partial charge on any atom is -0.342 e. The maximum atomic E-state index is 12.1. The van der Waals surface area contributed by atoms with Crippen LogP contribution in [0.3, 0.4) is 0 Å². The Morgan fingerprint density at radius 3 is 2.64 bits per heavy atom. The van der Waals surface area contributed by atoms with Crippen LogP contribution in [-0.4, -0.2) is 45.4 Å². The van der Waals surface area contributed by atoms with Crippen molar-refractivity contribution >= 4 is 31.9 Å². The van der Waals surface area contributed by atoms with Crippen LogP contribution in [0.1, 0.15) is 12.8 Å². The molecule has 1 aliphatic rings. The molecular weight excluding hydrogens is 370 g/mol. The minimum atomic E-state index is -3.57. The lowest BCUT2D eigenvalue weighted by Gasteiger charge is -2.16. The second kappa shape index (κ2) is 7.54. The molecule has 1 heterocycles. The summed E-state index contributed by atoms with van der Waals surface area (Å²) in [5.41, 5.74) is 5.60. The first-order valence-electron chi connectivity index (χ1n) is 7.15. The van der Waals surface area contributed by atoms with Crippen molar-refractivity contribution in [2.24, 2.45) is 11.7 Å². The molecule has 0 spiro atoms. The molecule has 6 nitrogen and oxygen atoms in total.